The van der Waals surface area contributed by atoms with Crippen LogP contribution in [-0.2, 0) is 11.2 Å². The van der Waals surface area contributed by atoms with E-state index >= 15 is 0 Å². The molecule has 0 saturated heterocycles. The zero-order valence-corrected chi connectivity index (χ0v) is 16.2. The number of amides is 1. The molecule has 4 rings (SSSR count). The molecule has 0 aliphatic carbocycles. The maximum atomic E-state index is 13.4. The summed E-state index contributed by atoms with van der Waals surface area (Å²) in [6.07, 6.45) is 3.47. The lowest BCUT2D eigenvalue weighted by Gasteiger charge is -2.10. The average Bonchev–Trinajstić information content (AvgIpc) is 3.18. The highest BCUT2D eigenvalue weighted by Gasteiger charge is 2.19. The number of aromatic nitrogens is 3. The van der Waals surface area contributed by atoms with Crippen LogP contribution in [0.5, 0.6) is 5.75 Å². The summed E-state index contributed by atoms with van der Waals surface area (Å²) in [6, 6.07) is 17.1. The summed E-state index contributed by atoms with van der Waals surface area (Å²) >= 11 is 0. The van der Waals surface area contributed by atoms with Crippen molar-refractivity contribution in [1.29, 1.82) is 0 Å². The van der Waals surface area contributed by atoms with E-state index in [0.717, 1.165) is 16.7 Å². The molecule has 0 fully saturated rings. The summed E-state index contributed by atoms with van der Waals surface area (Å²) in [5.41, 5.74) is 3.73. The van der Waals surface area contributed by atoms with Crippen LogP contribution in [0, 0.1) is 5.82 Å². The number of pyridine rings is 1. The fourth-order valence-corrected chi connectivity index (χ4v) is 3.26. The zero-order chi connectivity index (χ0) is 20.9. The Balaban J connectivity index is 1.68. The molecule has 0 radical (unpaired) electrons. The lowest BCUT2D eigenvalue weighted by molar-refractivity contribution is -0.115. The van der Waals surface area contributed by atoms with Crippen LogP contribution in [0.1, 0.15) is 5.56 Å². The van der Waals surface area contributed by atoms with E-state index in [-0.39, 0.29) is 18.1 Å². The summed E-state index contributed by atoms with van der Waals surface area (Å²) in [5, 5.41) is 10.2. The van der Waals surface area contributed by atoms with E-state index < -0.39 is 0 Å². The van der Waals surface area contributed by atoms with Crippen molar-refractivity contribution >= 4 is 11.7 Å². The number of carbonyl (C=O) groups is 1. The van der Waals surface area contributed by atoms with E-state index in [9.17, 15) is 9.18 Å². The Morgan fingerprint density at radius 2 is 1.77 bits per heavy atom. The van der Waals surface area contributed by atoms with Gasteiger partial charge in [-0.2, -0.15) is 5.10 Å². The Hall–Kier alpha value is -4.00. The predicted molar refractivity (Wildman–Crippen MR) is 113 cm³/mol. The van der Waals surface area contributed by atoms with Crippen molar-refractivity contribution in [3.05, 3.63) is 84.4 Å². The van der Waals surface area contributed by atoms with Crippen LogP contribution in [-0.4, -0.2) is 28.2 Å². The molecule has 7 heteroatoms. The number of rotatable bonds is 6. The fraction of sp³-hybridized carbons (Fsp3) is 0.0870. The molecular formula is C23H19FN4O2. The summed E-state index contributed by atoms with van der Waals surface area (Å²) in [5.74, 6) is 0.484. The van der Waals surface area contributed by atoms with Gasteiger partial charge in [-0.05, 0) is 48.0 Å². The molecule has 4 aromatic rings. The smallest absolute Gasteiger partial charge is 0.230 e. The van der Waals surface area contributed by atoms with Gasteiger partial charge in [-0.15, -0.1) is 0 Å². The van der Waals surface area contributed by atoms with Crippen LogP contribution in [0.4, 0.5) is 10.2 Å². The van der Waals surface area contributed by atoms with Crippen LogP contribution in [0.15, 0.2) is 73.1 Å². The second-order valence-electron chi connectivity index (χ2n) is 6.60. The quantitative estimate of drug-likeness (QED) is 0.499. The van der Waals surface area contributed by atoms with E-state index in [4.69, 9.17) is 4.74 Å². The number of halogens is 1. The van der Waals surface area contributed by atoms with Gasteiger partial charge in [0.2, 0.25) is 5.91 Å². The topological polar surface area (TPSA) is 79.9 Å². The highest BCUT2D eigenvalue weighted by Crippen LogP contribution is 2.36. The van der Waals surface area contributed by atoms with Gasteiger partial charge in [-0.3, -0.25) is 14.9 Å². The molecular weight excluding hydrogens is 383 g/mol. The first-order valence-corrected chi connectivity index (χ1v) is 9.32. The summed E-state index contributed by atoms with van der Waals surface area (Å²) < 4.78 is 18.7. The number of para-hydroxylation sites is 1. The van der Waals surface area contributed by atoms with Crippen LogP contribution in [0.25, 0.3) is 22.4 Å². The van der Waals surface area contributed by atoms with Crippen molar-refractivity contribution in [2.75, 3.05) is 12.4 Å². The van der Waals surface area contributed by atoms with Crippen molar-refractivity contribution in [3.8, 4) is 28.1 Å². The number of hydrogen-bond donors (Lipinski definition) is 2. The Bertz CT molecular complexity index is 1160. The second kappa shape index (κ2) is 8.57. The third kappa shape index (κ3) is 4.05. The van der Waals surface area contributed by atoms with Gasteiger partial charge in [0.1, 0.15) is 11.6 Å². The van der Waals surface area contributed by atoms with Gasteiger partial charge in [0.25, 0.3) is 0 Å². The van der Waals surface area contributed by atoms with Crippen molar-refractivity contribution in [1.82, 2.24) is 15.2 Å². The van der Waals surface area contributed by atoms with Gasteiger partial charge in [-0.25, -0.2) is 4.39 Å². The number of hydrogen-bond acceptors (Lipinski definition) is 4. The molecule has 2 aromatic heterocycles. The Labute approximate surface area is 172 Å². The van der Waals surface area contributed by atoms with E-state index in [2.05, 4.69) is 20.5 Å². The van der Waals surface area contributed by atoms with E-state index in [1.54, 1.807) is 31.6 Å². The molecule has 1 amide bonds. The summed E-state index contributed by atoms with van der Waals surface area (Å²) in [7, 11) is 1.57. The van der Waals surface area contributed by atoms with Crippen LogP contribution < -0.4 is 10.1 Å². The van der Waals surface area contributed by atoms with Crippen molar-refractivity contribution in [3.63, 3.8) is 0 Å². The minimum Gasteiger partial charge on any atom is -0.496 e. The third-order valence-corrected chi connectivity index (χ3v) is 4.67. The highest BCUT2D eigenvalue weighted by molar-refractivity contribution is 5.98. The molecule has 0 bridgehead atoms. The standard InChI is InChI=1S/C23H19FN4O2/c1-30-19-5-3-2-4-17(19)14-20(29)26-23-21(15-10-12-25-13-11-15)22(27-28-23)16-6-8-18(24)9-7-16/h2-13H,14H2,1H3,(H2,26,27,28,29). The largest absolute Gasteiger partial charge is 0.496 e. The number of methoxy groups -OCH3 is 1. The number of anilines is 1. The molecule has 0 aliphatic rings. The molecule has 2 heterocycles. The fourth-order valence-electron chi connectivity index (χ4n) is 3.26. The number of carbonyl (C=O) groups excluding carboxylic acids is 1. The van der Waals surface area contributed by atoms with Gasteiger partial charge in [0, 0.05) is 23.5 Å². The number of nitrogens with zero attached hydrogens (tertiary/aromatic N) is 2. The molecule has 0 unspecified atom stereocenters. The molecule has 2 N–H and O–H groups in total. The Morgan fingerprint density at radius 3 is 2.50 bits per heavy atom. The van der Waals surface area contributed by atoms with E-state index in [1.165, 1.54) is 12.1 Å². The summed E-state index contributed by atoms with van der Waals surface area (Å²) in [4.78, 5) is 16.8. The molecule has 0 atom stereocenters. The van der Waals surface area contributed by atoms with Gasteiger partial charge >= 0.3 is 0 Å². The van der Waals surface area contributed by atoms with Gasteiger partial charge in [0.15, 0.2) is 5.82 Å². The molecule has 6 nitrogen and oxygen atoms in total. The molecule has 2 aromatic carbocycles. The first-order chi connectivity index (χ1) is 14.7. The first kappa shape index (κ1) is 19.3. The maximum Gasteiger partial charge on any atom is 0.230 e. The summed E-state index contributed by atoms with van der Waals surface area (Å²) in [6.45, 7) is 0. The zero-order valence-electron chi connectivity index (χ0n) is 16.2. The SMILES string of the molecule is COc1ccccc1CC(=O)Nc1n[nH]c(-c2ccc(F)cc2)c1-c1ccncc1. The Morgan fingerprint density at radius 1 is 1.03 bits per heavy atom. The second-order valence-corrected chi connectivity index (χ2v) is 6.60. The van der Waals surface area contributed by atoms with Crippen molar-refractivity contribution < 1.29 is 13.9 Å². The monoisotopic (exact) mass is 402 g/mol. The third-order valence-electron chi connectivity index (χ3n) is 4.67. The minimum absolute atomic E-state index is 0.137. The average molecular weight is 402 g/mol. The number of H-pyrrole nitrogens is 1. The van der Waals surface area contributed by atoms with Gasteiger partial charge in [0.05, 0.1) is 24.8 Å². The van der Waals surface area contributed by atoms with Crippen LogP contribution >= 0.6 is 0 Å². The van der Waals surface area contributed by atoms with Crippen molar-refractivity contribution in [2.45, 2.75) is 6.42 Å². The lowest BCUT2D eigenvalue weighted by Crippen LogP contribution is -2.15. The molecule has 30 heavy (non-hydrogen) atoms. The molecule has 0 saturated carbocycles. The number of aromatic amines is 1. The Kier molecular flexibility index (Phi) is 5.52. The lowest BCUT2D eigenvalue weighted by atomic mass is 10.0. The highest BCUT2D eigenvalue weighted by atomic mass is 19.1. The van der Waals surface area contributed by atoms with E-state index in [0.29, 0.717) is 22.8 Å². The maximum absolute atomic E-state index is 13.4. The van der Waals surface area contributed by atoms with Crippen LogP contribution in [0.2, 0.25) is 0 Å². The number of nitrogens with one attached hydrogen (secondary N) is 2. The molecule has 0 aliphatic heterocycles. The first-order valence-electron chi connectivity index (χ1n) is 9.32. The number of ether oxygens (including phenoxy) is 1. The predicted octanol–water partition coefficient (Wildman–Crippen LogP) is 4.47. The van der Waals surface area contributed by atoms with Gasteiger partial charge < -0.3 is 10.1 Å². The van der Waals surface area contributed by atoms with Crippen molar-refractivity contribution in [2.24, 2.45) is 0 Å². The molecule has 150 valence electrons. The number of benzene rings is 2. The molecule has 0 spiro atoms. The normalized spacial score (nSPS) is 10.6. The van der Waals surface area contributed by atoms with E-state index in [1.807, 2.05) is 36.4 Å². The van der Waals surface area contributed by atoms with Crippen LogP contribution in [0.3, 0.4) is 0 Å². The minimum atomic E-state index is -0.325. The van der Waals surface area contributed by atoms with Gasteiger partial charge in [-0.1, -0.05) is 18.2 Å².